The Hall–Kier alpha value is -2.34. The van der Waals surface area contributed by atoms with Crippen molar-refractivity contribution in [1.29, 1.82) is 0 Å². The number of amides is 1. The highest BCUT2D eigenvalue weighted by atomic mass is 16.8. The number of hydrogen-bond donors (Lipinski definition) is 3. The summed E-state index contributed by atoms with van der Waals surface area (Å²) >= 11 is 0. The minimum atomic E-state index is -1.22. The number of nitrogens with one attached hydrogen (secondary N) is 1. The van der Waals surface area contributed by atoms with Gasteiger partial charge in [0.05, 0.1) is 24.8 Å². The van der Waals surface area contributed by atoms with E-state index in [2.05, 4.69) is 19.2 Å². The normalized spacial score (nSPS) is 23.5. The highest BCUT2D eigenvalue weighted by Crippen LogP contribution is 2.37. The average Bonchev–Trinajstić information content (AvgIpc) is 3.49. The van der Waals surface area contributed by atoms with Crippen molar-refractivity contribution in [2.45, 2.75) is 198 Å². The summed E-state index contributed by atoms with van der Waals surface area (Å²) in [6, 6.07) is 7.98. The van der Waals surface area contributed by atoms with Crippen LogP contribution >= 0.6 is 0 Å². The molecule has 0 bridgehead atoms. The van der Waals surface area contributed by atoms with Crippen molar-refractivity contribution in [2.75, 3.05) is 13.2 Å². The molecule has 2 aliphatic heterocycles. The van der Waals surface area contributed by atoms with Gasteiger partial charge in [0.2, 0.25) is 5.91 Å². The Labute approximate surface area is 319 Å². The molecule has 10 nitrogen and oxygen atoms in total. The van der Waals surface area contributed by atoms with Crippen LogP contribution in [-0.2, 0) is 28.5 Å². The van der Waals surface area contributed by atoms with E-state index in [1.54, 1.807) is 38.1 Å². The molecule has 3 rings (SSSR count). The lowest BCUT2D eigenvalue weighted by molar-refractivity contribution is -0.284. The number of allylic oxidation sites excluding steroid dienone is 1. The quantitative estimate of drug-likeness (QED) is 0.0440. The molecule has 0 unspecified atom stereocenters. The lowest BCUT2D eigenvalue weighted by atomic mass is 9.99. The Kier molecular flexibility index (Phi) is 21.8. The first-order valence-corrected chi connectivity index (χ1v) is 20.8. The van der Waals surface area contributed by atoms with E-state index in [9.17, 15) is 19.8 Å². The van der Waals surface area contributed by atoms with Crippen LogP contribution in [0.25, 0.3) is 0 Å². The fourth-order valence-electron chi connectivity index (χ4n) is 7.08. The molecule has 1 aromatic carbocycles. The fourth-order valence-corrected chi connectivity index (χ4v) is 7.08. The summed E-state index contributed by atoms with van der Waals surface area (Å²) in [6.45, 7) is 7.42. The number of unbranched alkanes of at least 4 members (excludes halogenated alkanes) is 16. The fraction of sp³-hybridized carbons (Fsp3) is 0.767. The van der Waals surface area contributed by atoms with Crippen molar-refractivity contribution in [3.05, 3.63) is 48.0 Å². The molecule has 3 N–H and O–H groups in total. The molecule has 1 aromatic rings. The third-order valence-corrected chi connectivity index (χ3v) is 10.1. The van der Waals surface area contributed by atoms with Crippen molar-refractivity contribution in [2.24, 2.45) is 0 Å². The van der Waals surface area contributed by atoms with Crippen LogP contribution in [-0.4, -0.2) is 83.9 Å². The van der Waals surface area contributed by atoms with Crippen LogP contribution < -0.4 is 5.32 Å². The van der Waals surface area contributed by atoms with E-state index in [4.69, 9.17) is 23.7 Å². The monoisotopic (exact) mass is 746 g/mol. The van der Waals surface area contributed by atoms with Crippen LogP contribution in [0.5, 0.6) is 0 Å². The zero-order valence-corrected chi connectivity index (χ0v) is 33.2. The van der Waals surface area contributed by atoms with Gasteiger partial charge < -0.3 is 39.2 Å². The Balaban J connectivity index is 1.62. The SMILES string of the molecule is CCCCCC/C=C/[C@@H](OC(=O)c1ccccc1)[C@H](CO[C@@H]1O[C@H](CO)[C@@H]2OC(C)(C)O[C@@H]2[C@H]1O)NC(=O)CCCCCCCCCCCCCCC. The molecule has 2 aliphatic rings. The number of esters is 1. The first-order chi connectivity index (χ1) is 25.7. The highest BCUT2D eigenvalue weighted by Gasteiger charge is 2.55. The summed E-state index contributed by atoms with van der Waals surface area (Å²) in [7, 11) is 0. The molecular formula is C43H71NO9. The summed E-state index contributed by atoms with van der Waals surface area (Å²) in [4.78, 5) is 26.7. The second-order valence-electron chi connectivity index (χ2n) is 15.3. The summed E-state index contributed by atoms with van der Waals surface area (Å²) < 4.78 is 30.0. The zero-order chi connectivity index (χ0) is 38.3. The first-order valence-electron chi connectivity index (χ1n) is 20.8. The van der Waals surface area contributed by atoms with Crippen LogP contribution in [0.4, 0.5) is 0 Å². The Morgan fingerprint density at radius 1 is 0.830 bits per heavy atom. The highest BCUT2D eigenvalue weighted by molar-refractivity contribution is 5.89. The van der Waals surface area contributed by atoms with Gasteiger partial charge in [0.1, 0.15) is 30.5 Å². The second-order valence-corrected chi connectivity index (χ2v) is 15.3. The molecule has 1 amide bonds. The number of rotatable bonds is 28. The maximum absolute atomic E-state index is 13.4. The van der Waals surface area contributed by atoms with Gasteiger partial charge in [0.25, 0.3) is 0 Å². The number of hydrogen-bond acceptors (Lipinski definition) is 9. The summed E-state index contributed by atoms with van der Waals surface area (Å²) in [6.07, 6.45) is 19.8. The van der Waals surface area contributed by atoms with E-state index < -0.39 is 54.6 Å². The topological polar surface area (TPSA) is 133 Å². The van der Waals surface area contributed by atoms with Crippen molar-refractivity contribution in [1.82, 2.24) is 5.32 Å². The average molecular weight is 746 g/mol. The third-order valence-electron chi connectivity index (χ3n) is 10.1. The maximum Gasteiger partial charge on any atom is 0.338 e. The van der Waals surface area contributed by atoms with E-state index in [0.717, 1.165) is 51.4 Å². The predicted molar refractivity (Wildman–Crippen MR) is 207 cm³/mol. The summed E-state index contributed by atoms with van der Waals surface area (Å²) in [5, 5.41) is 24.4. The number of aliphatic hydroxyl groups is 2. The van der Waals surface area contributed by atoms with E-state index in [1.165, 1.54) is 64.2 Å². The van der Waals surface area contributed by atoms with Gasteiger partial charge in [-0.15, -0.1) is 0 Å². The smallest absolute Gasteiger partial charge is 0.338 e. The Bertz CT molecular complexity index is 1160. The van der Waals surface area contributed by atoms with Crippen LogP contribution in [0.2, 0.25) is 0 Å². The molecular weight excluding hydrogens is 674 g/mol. The molecule has 53 heavy (non-hydrogen) atoms. The molecule has 7 atom stereocenters. The van der Waals surface area contributed by atoms with Crippen LogP contribution in [0.3, 0.4) is 0 Å². The largest absolute Gasteiger partial charge is 0.452 e. The van der Waals surface area contributed by atoms with Gasteiger partial charge >= 0.3 is 5.97 Å². The van der Waals surface area contributed by atoms with E-state index in [1.807, 2.05) is 18.2 Å². The van der Waals surface area contributed by atoms with Crippen molar-refractivity contribution < 1.29 is 43.5 Å². The first kappa shape index (κ1) is 45.1. The van der Waals surface area contributed by atoms with Gasteiger partial charge in [-0.2, -0.15) is 0 Å². The van der Waals surface area contributed by atoms with E-state index >= 15 is 0 Å². The lowest BCUT2D eigenvalue weighted by Gasteiger charge is -2.39. The number of carbonyl (C=O) groups excluding carboxylic acids is 2. The summed E-state index contributed by atoms with van der Waals surface area (Å²) in [5.74, 6) is -1.64. The lowest BCUT2D eigenvalue weighted by Crippen LogP contribution is -2.59. The summed E-state index contributed by atoms with van der Waals surface area (Å²) in [5.41, 5.74) is 0.399. The Morgan fingerprint density at radius 2 is 1.40 bits per heavy atom. The van der Waals surface area contributed by atoms with Crippen molar-refractivity contribution >= 4 is 11.9 Å². The number of aliphatic hydroxyl groups excluding tert-OH is 2. The second kappa shape index (κ2) is 25.7. The molecule has 2 saturated heterocycles. The molecule has 0 aromatic heterocycles. The molecule has 2 fully saturated rings. The minimum absolute atomic E-state index is 0.126. The molecule has 0 spiro atoms. The van der Waals surface area contributed by atoms with E-state index in [0.29, 0.717) is 12.0 Å². The number of benzene rings is 1. The predicted octanol–water partition coefficient (Wildman–Crippen LogP) is 8.32. The van der Waals surface area contributed by atoms with Gasteiger partial charge in [0.15, 0.2) is 12.1 Å². The van der Waals surface area contributed by atoms with Gasteiger partial charge in [0, 0.05) is 6.42 Å². The van der Waals surface area contributed by atoms with Crippen LogP contribution in [0.15, 0.2) is 42.5 Å². The molecule has 0 aliphatic carbocycles. The molecule has 302 valence electrons. The van der Waals surface area contributed by atoms with E-state index in [-0.39, 0.29) is 19.1 Å². The molecule has 0 radical (unpaired) electrons. The zero-order valence-electron chi connectivity index (χ0n) is 33.2. The number of ether oxygens (including phenoxy) is 5. The van der Waals surface area contributed by atoms with Crippen molar-refractivity contribution in [3.63, 3.8) is 0 Å². The third kappa shape index (κ3) is 16.9. The van der Waals surface area contributed by atoms with Gasteiger partial charge in [-0.05, 0) is 51.3 Å². The van der Waals surface area contributed by atoms with Crippen molar-refractivity contribution in [3.8, 4) is 0 Å². The molecule has 2 heterocycles. The minimum Gasteiger partial charge on any atom is -0.452 e. The number of carbonyl (C=O) groups is 2. The molecule has 10 heteroatoms. The van der Waals surface area contributed by atoms with Gasteiger partial charge in [-0.1, -0.05) is 134 Å². The number of fused-ring (bicyclic) bond motifs is 1. The van der Waals surface area contributed by atoms with Gasteiger partial charge in [-0.25, -0.2) is 4.79 Å². The van der Waals surface area contributed by atoms with Gasteiger partial charge in [-0.3, -0.25) is 4.79 Å². The standard InChI is InChI=1S/C43H71NO9/c1-5-7-9-11-13-14-15-16-17-18-19-21-26-30-37(46)44-34(32-49-42-38(47)40-39(36(31-45)51-42)52-43(3,4)53-40)35(29-25-20-12-10-8-6-2)50-41(48)33-27-23-22-24-28-33/h22-25,27-29,34-36,38-40,42,45,47H,5-21,26,30-32H2,1-4H3,(H,44,46)/b29-25+/t34-,35+,36+,38+,39-,40+,42+/m0/s1. The Morgan fingerprint density at radius 3 is 2.00 bits per heavy atom. The van der Waals surface area contributed by atoms with Crippen LogP contribution in [0.1, 0.15) is 160 Å². The van der Waals surface area contributed by atoms with Crippen LogP contribution in [0, 0.1) is 0 Å². The molecule has 0 saturated carbocycles. The maximum atomic E-state index is 13.4.